The fourth-order valence-electron chi connectivity index (χ4n) is 1.41. The molecule has 1 aliphatic heterocycles. The van der Waals surface area contributed by atoms with E-state index < -0.39 is 5.60 Å². The standard InChI is InChI=1S/C8H14N4O2/c1-8(3-2-6-14-8)7(13)10-4-5-11-12-9/h2-6H2,1H3,(H,10,13). The normalized spacial score (nSPS) is 25.5. The fourth-order valence-corrected chi connectivity index (χ4v) is 1.41. The molecule has 0 radical (unpaired) electrons. The Morgan fingerprint density at radius 2 is 2.57 bits per heavy atom. The minimum absolute atomic E-state index is 0.122. The van der Waals surface area contributed by atoms with Gasteiger partial charge in [-0.3, -0.25) is 4.79 Å². The molecule has 1 aliphatic rings. The third kappa shape index (κ3) is 2.61. The number of nitrogens with one attached hydrogen (secondary N) is 1. The molecule has 78 valence electrons. The number of azide groups is 1. The van der Waals surface area contributed by atoms with Gasteiger partial charge in [0.1, 0.15) is 5.60 Å². The number of hydrogen-bond donors (Lipinski definition) is 1. The summed E-state index contributed by atoms with van der Waals surface area (Å²) >= 11 is 0. The number of rotatable bonds is 4. The van der Waals surface area contributed by atoms with Crippen molar-refractivity contribution in [2.24, 2.45) is 5.11 Å². The molecular weight excluding hydrogens is 184 g/mol. The maximum Gasteiger partial charge on any atom is 0.251 e. The first-order valence-electron chi connectivity index (χ1n) is 4.62. The Morgan fingerprint density at radius 1 is 1.79 bits per heavy atom. The summed E-state index contributed by atoms with van der Waals surface area (Å²) in [5, 5.41) is 5.99. The van der Waals surface area contributed by atoms with Crippen molar-refractivity contribution in [1.29, 1.82) is 0 Å². The zero-order chi connectivity index (χ0) is 10.4. The van der Waals surface area contributed by atoms with Crippen LogP contribution in [0.5, 0.6) is 0 Å². The molecule has 6 nitrogen and oxygen atoms in total. The van der Waals surface area contributed by atoms with Crippen LogP contribution in [0.2, 0.25) is 0 Å². The Kier molecular flexibility index (Phi) is 3.73. The molecule has 14 heavy (non-hydrogen) atoms. The molecule has 0 aromatic rings. The van der Waals surface area contributed by atoms with Crippen molar-refractivity contribution in [2.75, 3.05) is 19.7 Å². The lowest BCUT2D eigenvalue weighted by Gasteiger charge is -2.21. The van der Waals surface area contributed by atoms with Gasteiger partial charge in [0.05, 0.1) is 0 Å². The van der Waals surface area contributed by atoms with Crippen LogP contribution < -0.4 is 5.32 Å². The topological polar surface area (TPSA) is 87.1 Å². The average Bonchev–Trinajstić information content (AvgIpc) is 2.61. The second-order valence-corrected chi connectivity index (χ2v) is 3.39. The average molecular weight is 198 g/mol. The summed E-state index contributed by atoms with van der Waals surface area (Å²) in [7, 11) is 0. The molecule has 6 heteroatoms. The highest BCUT2D eigenvalue weighted by Gasteiger charge is 2.37. The van der Waals surface area contributed by atoms with E-state index in [1.165, 1.54) is 0 Å². The van der Waals surface area contributed by atoms with Crippen LogP contribution in [-0.2, 0) is 9.53 Å². The molecule has 0 aromatic carbocycles. The van der Waals surface area contributed by atoms with Crippen LogP contribution in [0, 0.1) is 0 Å². The highest BCUT2D eigenvalue weighted by molar-refractivity contribution is 5.84. The lowest BCUT2D eigenvalue weighted by atomic mass is 10.0. The molecule has 1 N–H and O–H groups in total. The summed E-state index contributed by atoms with van der Waals surface area (Å²) in [5.74, 6) is -0.122. The molecule has 1 heterocycles. The summed E-state index contributed by atoms with van der Waals surface area (Å²) in [6.45, 7) is 3.06. The summed E-state index contributed by atoms with van der Waals surface area (Å²) in [5.41, 5.74) is 7.33. The maximum absolute atomic E-state index is 11.6. The molecule has 0 aliphatic carbocycles. The summed E-state index contributed by atoms with van der Waals surface area (Å²) in [6, 6.07) is 0. The first-order valence-corrected chi connectivity index (χ1v) is 4.62. The molecule has 0 spiro atoms. The first kappa shape index (κ1) is 10.8. The summed E-state index contributed by atoms with van der Waals surface area (Å²) in [6.07, 6.45) is 1.67. The quantitative estimate of drug-likeness (QED) is 0.316. The maximum atomic E-state index is 11.6. The highest BCUT2D eigenvalue weighted by atomic mass is 16.5. The van der Waals surface area contributed by atoms with Gasteiger partial charge in [0.2, 0.25) is 0 Å². The molecule has 1 unspecified atom stereocenters. The highest BCUT2D eigenvalue weighted by Crippen LogP contribution is 2.24. The van der Waals surface area contributed by atoms with Crippen molar-refractivity contribution in [3.05, 3.63) is 10.4 Å². The zero-order valence-corrected chi connectivity index (χ0v) is 8.19. The number of amides is 1. The SMILES string of the molecule is CC1(C(=O)NCCN=[N+]=[N-])CCCO1. The third-order valence-corrected chi connectivity index (χ3v) is 2.26. The van der Waals surface area contributed by atoms with Crippen molar-refractivity contribution in [2.45, 2.75) is 25.4 Å². The Morgan fingerprint density at radius 3 is 3.14 bits per heavy atom. The minimum atomic E-state index is -0.684. The molecule has 1 atom stereocenters. The van der Waals surface area contributed by atoms with Crippen molar-refractivity contribution in [3.63, 3.8) is 0 Å². The Hall–Kier alpha value is -1.26. The summed E-state index contributed by atoms with van der Waals surface area (Å²) in [4.78, 5) is 14.1. The van der Waals surface area contributed by atoms with Crippen molar-refractivity contribution in [3.8, 4) is 0 Å². The Balaban J connectivity index is 2.30. The number of carbonyl (C=O) groups is 1. The Bertz CT molecular complexity index is 254. The second-order valence-electron chi connectivity index (χ2n) is 3.39. The van der Waals surface area contributed by atoms with Gasteiger partial charge in [-0.1, -0.05) is 5.11 Å². The van der Waals surface area contributed by atoms with Gasteiger partial charge < -0.3 is 10.1 Å². The second kappa shape index (κ2) is 4.83. The molecule has 0 saturated carbocycles. The van der Waals surface area contributed by atoms with Crippen LogP contribution in [0.25, 0.3) is 10.4 Å². The van der Waals surface area contributed by atoms with E-state index in [4.69, 9.17) is 10.3 Å². The van der Waals surface area contributed by atoms with E-state index in [9.17, 15) is 4.79 Å². The van der Waals surface area contributed by atoms with Crippen LogP contribution in [0.1, 0.15) is 19.8 Å². The van der Waals surface area contributed by atoms with Crippen molar-refractivity contribution < 1.29 is 9.53 Å². The minimum Gasteiger partial charge on any atom is -0.365 e. The molecule has 1 amide bonds. The van der Waals surface area contributed by atoms with E-state index in [1.807, 2.05) is 0 Å². The molecular formula is C8H14N4O2. The number of ether oxygens (including phenoxy) is 1. The first-order chi connectivity index (χ1) is 6.69. The molecule has 0 bridgehead atoms. The van der Waals surface area contributed by atoms with Gasteiger partial charge in [0, 0.05) is 24.6 Å². The van der Waals surface area contributed by atoms with Gasteiger partial charge in [-0.15, -0.1) is 0 Å². The van der Waals surface area contributed by atoms with E-state index in [1.54, 1.807) is 6.92 Å². The van der Waals surface area contributed by atoms with E-state index in [0.29, 0.717) is 13.2 Å². The van der Waals surface area contributed by atoms with E-state index >= 15 is 0 Å². The van der Waals surface area contributed by atoms with Gasteiger partial charge >= 0.3 is 0 Å². The zero-order valence-electron chi connectivity index (χ0n) is 8.19. The van der Waals surface area contributed by atoms with Gasteiger partial charge in [-0.25, -0.2) is 0 Å². The van der Waals surface area contributed by atoms with Crippen LogP contribution in [-0.4, -0.2) is 31.2 Å². The molecule has 1 rings (SSSR count). The van der Waals surface area contributed by atoms with E-state index in [0.717, 1.165) is 12.8 Å². The van der Waals surface area contributed by atoms with Gasteiger partial charge in [0.15, 0.2) is 0 Å². The van der Waals surface area contributed by atoms with Crippen LogP contribution in [0.15, 0.2) is 5.11 Å². The predicted molar refractivity (Wildman–Crippen MR) is 50.6 cm³/mol. The van der Waals surface area contributed by atoms with Gasteiger partial charge in [-0.05, 0) is 25.3 Å². The number of nitrogens with zero attached hydrogens (tertiary/aromatic N) is 3. The van der Waals surface area contributed by atoms with Crippen LogP contribution in [0.3, 0.4) is 0 Å². The number of carbonyl (C=O) groups excluding carboxylic acids is 1. The smallest absolute Gasteiger partial charge is 0.251 e. The van der Waals surface area contributed by atoms with Gasteiger partial charge in [0.25, 0.3) is 5.91 Å². The van der Waals surface area contributed by atoms with E-state index in [2.05, 4.69) is 15.3 Å². The van der Waals surface area contributed by atoms with Crippen molar-refractivity contribution >= 4 is 5.91 Å². The predicted octanol–water partition coefficient (Wildman–Crippen LogP) is 0.982. The molecule has 0 aromatic heterocycles. The lowest BCUT2D eigenvalue weighted by Crippen LogP contribution is -2.44. The monoisotopic (exact) mass is 198 g/mol. The van der Waals surface area contributed by atoms with E-state index in [-0.39, 0.29) is 12.5 Å². The summed E-state index contributed by atoms with van der Waals surface area (Å²) < 4.78 is 5.34. The largest absolute Gasteiger partial charge is 0.365 e. The number of hydrogen-bond acceptors (Lipinski definition) is 3. The Labute approximate surface area is 82.2 Å². The van der Waals surface area contributed by atoms with Crippen LogP contribution >= 0.6 is 0 Å². The fraction of sp³-hybridized carbons (Fsp3) is 0.875. The van der Waals surface area contributed by atoms with Gasteiger partial charge in [-0.2, -0.15) is 0 Å². The van der Waals surface area contributed by atoms with Crippen LogP contribution in [0.4, 0.5) is 0 Å². The molecule has 1 fully saturated rings. The van der Waals surface area contributed by atoms with Crippen molar-refractivity contribution in [1.82, 2.24) is 5.32 Å². The lowest BCUT2D eigenvalue weighted by molar-refractivity contribution is -0.139. The molecule has 1 saturated heterocycles. The third-order valence-electron chi connectivity index (χ3n) is 2.26.